The van der Waals surface area contributed by atoms with Gasteiger partial charge in [0, 0.05) is 26.7 Å². The zero-order chi connectivity index (χ0) is 16.9. The van der Waals surface area contributed by atoms with Crippen LogP contribution in [0.3, 0.4) is 0 Å². The van der Waals surface area contributed by atoms with Crippen molar-refractivity contribution in [3.8, 4) is 0 Å². The van der Waals surface area contributed by atoms with E-state index in [1.807, 2.05) is 34.6 Å². The Morgan fingerprint density at radius 1 is 0.826 bits per heavy atom. The Labute approximate surface area is 146 Å². The molecule has 7 heteroatoms. The molecule has 0 aliphatic carbocycles. The molecule has 0 saturated carbocycles. The average Bonchev–Trinajstić information content (AvgIpc) is 2.46. The lowest BCUT2D eigenvalue weighted by atomic mass is 9.95. The van der Waals surface area contributed by atoms with E-state index in [2.05, 4.69) is 10.0 Å². The van der Waals surface area contributed by atoms with Crippen LogP contribution in [0.5, 0.6) is 0 Å². The topological polar surface area (TPSA) is 67.4 Å². The van der Waals surface area contributed by atoms with Crippen molar-refractivity contribution < 1.29 is 13.2 Å². The van der Waals surface area contributed by atoms with Crippen molar-refractivity contribution in [2.45, 2.75) is 39.5 Å². The molecule has 0 saturated heterocycles. The van der Waals surface area contributed by atoms with Crippen LogP contribution < -0.4 is 10.0 Å². The van der Waals surface area contributed by atoms with Crippen LogP contribution in [-0.4, -0.2) is 41.8 Å². The molecule has 1 aromatic rings. The molecule has 0 spiro atoms. The highest BCUT2D eigenvalue weighted by Crippen LogP contribution is 2.29. The van der Waals surface area contributed by atoms with Gasteiger partial charge in [-0.15, -0.1) is 12.4 Å². The highest BCUT2D eigenvalue weighted by molar-refractivity contribution is 7.89. The predicted molar refractivity (Wildman–Crippen MR) is 97.3 cm³/mol. The monoisotopic (exact) mass is 364 g/mol. The number of hydrogen-bond acceptors (Lipinski definition) is 4. The van der Waals surface area contributed by atoms with E-state index in [1.54, 1.807) is 7.11 Å². The Morgan fingerprint density at radius 2 is 1.30 bits per heavy atom. The van der Waals surface area contributed by atoms with E-state index < -0.39 is 10.0 Å². The Balaban J connectivity index is 0.00000484. The quantitative estimate of drug-likeness (QED) is 0.694. The third-order valence-electron chi connectivity index (χ3n) is 4.28. The highest BCUT2D eigenvalue weighted by Gasteiger charge is 2.22. The SMILES string of the molecule is COCCNCCNS(=O)(=O)c1c(C)c(C)c(C)c(C)c1C.Cl. The van der Waals surface area contributed by atoms with E-state index in [9.17, 15) is 8.42 Å². The van der Waals surface area contributed by atoms with E-state index in [-0.39, 0.29) is 12.4 Å². The summed E-state index contributed by atoms with van der Waals surface area (Å²) < 4.78 is 32.8. The molecule has 0 amide bonds. The Hall–Kier alpha value is -0.660. The van der Waals surface area contributed by atoms with Gasteiger partial charge in [-0.2, -0.15) is 0 Å². The first-order valence-corrected chi connectivity index (χ1v) is 8.98. The minimum atomic E-state index is -3.50. The summed E-state index contributed by atoms with van der Waals surface area (Å²) in [6.07, 6.45) is 0. The van der Waals surface area contributed by atoms with Gasteiger partial charge < -0.3 is 10.1 Å². The lowest BCUT2D eigenvalue weighted by molar-refractivity contribution is 0.199. The third kappa shape index (κ3) is 5.43. The molecule has 23 heavy (non-hydrogen) atoms. The van der Waals surface area contributed by atoms with E-state index in [0.29, 0.717) is 31.1 Å². The maximum Gasteiger partial charge on any atom is 0.241 e. The molecular formula is C16H29ClN2O3S. The summed E-state index contributed by atoms with van der Waals surface area (Å²) in [5.41, 5.74) is 4.92. The molecule has 0 aliphatic heterocycles. The molecule has 0 atom stereocenters. The van der Waals surface area contributed by atoms with Gasteiger partial charge in [-0.3, -0.25) is 0 Å². The van der Waals surface area contributed by atoms with Crippen LogP contribution in [0, 0.1) is 34.6 Å². The number of benzene rings is 1. The Bertz CT molecular complexity index is 602. The lowest BCUT2D eigenvalue weighted by Gasteiger charge is -2.19. The maximum atomic E-state index is 12.6. The van der Waals surface area contributed by atoms with Crippen LogP contribution in [0.2, 0.25) is 0 Å². The molecule has 0 aliphatic rings. The molecule has 1 aromatic carbocycles. The standard InChI is InChI=1S/C16H28N2O3S.ClH/c1-11-12(2)14(4)16(15(5)13(11)3)22(19,20)18-8-7-17-9-10-21-6;/h17-18H,7-10H2,1-6H3;1H. The van der Waals surface area contributed by atoms with E-state index in [4.69, 9.17) is 4.74 Å². The first-order valence-electron chi connectivity index (χ1n) is 7.50. The number of nitrogens with one attached hydrogen (secondary N) is 2. The fourth-order valence-corrected chi connectivity index (χ4v) is 4.14. The number of sulfonamides is 1. The fraction of sp³-hybridized carbons (Fsp3) is 0.625. The van der Waals surface area contributed by atoms with Crippen molar-refractivity contribution in [3.05, 3.63) is 27.8 Å². The molecule has 0 aromatic heterocycles. The predicted octanol–water partition coefficient (Wildman–Crippen LogP) is 2.16. The largest absolute Gasteiger partial charge is 0.383 e. The van der Waals surface area contributed by atoms with Crippen molar-refractivity contribution >= 4 is 22.4 Å². The number of rotatable bonds is 8. The first-order chi connectivity index (χ1) is 10.2. The van der Waals surface area contributed by atoms with E-state index >= 15 is 0 Å². The van der Waals surface area contributed by atoms with Gasteiger partial charge in [0.2, 0.25) is 10.0 Å². The molecule has 2 N–H and O–H groups in total. The van der Waals surface area contributed by atoms with Crippen LogP contribution in [0.25, 0.3) is 0 Å². The summed E-state index contributed by atoms with van der Waals surface area (Å²) in [5.74, 6) is 0. The second-order valence-electron chi connectivity index (χ2n) is 5.59. The molecule has 0 heterocycles. The van der Waals surface area contributed by atoms with Gasteiger partial charge in [-0.05, 0) is 62.4 Å². The summed E-state index contributed by atoms with van der Waals surface area (Å²) in [4.78, 5) is 0.421. The second-order valence-corrected chi connectivity index (χ2v) is 7.30. The molecule has 5 nitrogen and oxygen atoms in total. The number of ether oxygens (including phenoxy) is 1. The Kier molecular flexibility index (Phi) is 9.32. The first kappa shape index (κ1) is 22.3. The fourth-order valence-electron chi connectivity index (χ4n) is 2.51. The molecule has 1 rings (SSSR count). The molecule has 134 valence electrons. The number of methoxy groups -OCH3 is 1. The van der Waals surface area contributed by atoms with Gasteiger partial charge in [0.15, 0.2) is 0 Å². The van der Waals surface area contributed by atoms with Gasteiger partial charge in [-0.1, -0.05) is 0 Å². The van der Waals surface area contributed by atoms with Gasteiger partial charge in [-0.25, -0.2) is 13.1 Å². The number of hydrogen-bond donors (Lipinski definition) is 2. The minimum absolute atomic E-state index is 0. The zero-order valence-corrected chi connectivity index (χ0v) is 16.5. The minimum Gasteiger partial charge on any atom is -0.383 e. The summed E-state index contributed by atoms with van der Waals surface area (Å²) >= 11 is 0. The summed E-state index contributed by atoms with van der Waals surface area (Å²) in [5, 5.41) is 3.12. The van der Waals surface area contributed by atoms with Crippen molar-refractivity contribution in [2.24, 2.45) is 0 Å². The van der Waals surface area contributed by atoms with Crippen LogP contribution in [0.4, 0.5) is 0 Å². The summed E-state index contributed by atoms with van der Waals surface area (Å²) in [6.45, 7) is 12.0. The summed E-state index contributed by atoms with van der Waals surface area (Å²) in [7, 11) is -1.86. The van der Waals surface area contributed by atoms with Crippen LogP contribution in [0.15, 0.2) is 4.90 Å². The van der Waals surface area contributed by atoms with Gasteiger partial charge in [0.25, 0.3) is 0 Å². The highest BCUT2D eigenvalue weighted by atomic mass is 35.5. The normalized spacial score (nSPS) is 11.4. The lowest BCUT2D eigenvalue weighted by Crippen LogP contribution is -2.34. The number of halogens is 1. The Morgan fingerprint density at radius 3 is 1.78 bits per heavy atom. The summed E-state index contributed by atoms with van der Waals surface area (Å²) in [6, 6.07) is 0. The van der Waals surface area contributed by atoms with E-state index in [0.717, 1.165) is 27.8 Å². The second kappa shape index (κ2) is 9.59. The third-order valence-corrected chi connectivity index (χ3v) is 6.01. The van der Waals surface area contributed by atoms with Crippen molar-refractivity contribution in [3.63, 3.8) is 0 Å². The van der Waals surface area contributed by atoms with Crippen LogP contribution in [-0.2, 0) is 14.8 Å². The van der Waals surface area contributed by atoms with E-state index in [1.165, 1.54) is 0 Å². The molecule has 0 bridgehead atoms. The average molecular weight is 365 g/mol. The molecular weight excluding hydrogens is 336 g/mol. The molecule has 0 unspecified atom stereocenters. The van der Waals surface area contributed by atoms with Crippen LogP contribution in [0.1, 0.15) is 27.8 Å². The zero-order valence-electron chi connectivity index (χ0n) is 14.9. The van der Waals surface area contributed by atoms with Gasteiger partial charge in [0.05, 0.1) is 11.5 Å². The van der Waals surface area contributed by atoms with Crippen molar-refractivity contribution in [2.75, 3.05) is 33.4 Å². The molecule has 0 fully saturated rings. The van der Waals surface area contributed by atoms with Crippen molar-refractivity contribution in [1.29, 1.82) is 0 Å². The molecule has 0 radical (unpaired) electrons. The van der Waals surface area contributed by atoms with Crippen molar-refractivity contribution in [1.82, 2.24) is 10.0 Å². The smallest absolute Gasteiger partial charge is 0.241 e. The van der Waals surface area contributed by atoms with Gasteiger partial charge >= 0.3 is 0 Å². The van der Waals surface area contributed by atoms with Crippen LogP contribution >= 0.6 is 12.4 Å². The van der Waals surface area contributed by atoms with Gasteiger partial charge in [0.1, 0.15) is 0 Å². The maximum absolute atomic E-state index is 12.6.